The van der Waals surface area contributed by atoms with Crippen LogP contribution in [0.2, 0.25) is 10.0 Å². The molecule has 5 aliphatic heterocycles. The van der Waals surface area contributed by atoms with Gasteiger partial charge in [0.2, 0.25) is 0 Å². The summed E-state index contributed by atoms with van der Waals surface area (Å²) in [6.45, 7) is 8.96. The molecule has 2 aromatic heterocycles. The number of hydrogen-bond donors (Lipinski definition) is 0. The number of fused-ring (bicyclic) bond motifs is 5. The highest BCUT2D eigenvalue weighted by Gasteiger charge is 2.48. The Morgan fingerprint density at radius 3 is 2.84 bits per heavy atom. The summed E-state index contributed by atoms with van der Waals surface area (Å²) in [7, 11) is 0. The van der Waals surface area contributed by atoms with Gasteiger partial charge in [0.25, 0.3) is 5.91 Å². The maximum atomic E-state index is 13.5. The van der Waals surface area contributed by atoms with Crippen molar-refractivity contribution in [1.29, 1.82) is 0 Å². The van der Waals surface area contributed by atoms with Gasteiger partial charge in [-0.2, -0.15) is 26.8 Å². The van der Waals surface area contributed by atoms with Gasteiger partial charge in [0.1, 0.15) is 12.4 Å². The number of ether oxygens (including phenoxy) is 2. The summed E-state index contributed by atoms with van der Waals surface area (Å²) in [5.41, 5.74) is 5.11. The van der Waals surface area contributed by atoms with E-state index in [1.54, 1.807) is 0 Å². The normalized spacial score (nSPS) is 27.9. The molecule has 1 aliphatic carbocycles. The lowest BCUT2D eigenvalue weighted by molar-refractivity contribution is -0.0730. The fourth-order valence-corrected chi connectivity index (χ4v) is 10.9. The van der Waals surface area contributed by atoms with Gasteiger partial charge in [0.15, 0.2) is 5.69 Å². The zero-order chi connectivity index (χ0) is 33.3. The van der Waals surface area contributed by atoms with E-state index in [1.807, 2.05) is 33.5 Å². The van der Waals surface area contributed by atoms with Crippen LogP contribution in [0.15, 0.2) is 18.2 Å². The number of anilines is 1. The summed E-state index contributed by atoms with van der Waals surface area (Å²) in [4.78, 5) is 30.6. The lowest BCUT2D eigenvalue weighted by Gasteiger charge is -2.37. The van der Waals surface area contributed by atoms with E-state index in [4.69, 9.17) is 47.7 Å². The van der Waals surface area contributed by atoms with Crippen molar-refractivity contribution in [3.63, 3.8) is 0 Å². The molecule has 0 saturated carbocycles. The van der Waals surface area contributed by atoms with Crippen LogP contribution in [0.5, 0.6) is 6.01 Å². The second kappa shape index (κ2) is 12.6. The maximum absolute atomic E-state index is 13.5. The zero-order valence-electron chi connectivity index (χ0n) is 28.1. The predicted molar refractivity (Wildman–Crippen MR) is 191 cm³/mol. The minimum absolute atomic E-state index is 0.0585. The standard InChI is InChI=1S/C36H43Cl2N7O3S/c1-23-17-35(8-3-11-44(35)19-23)22-47-34-39-28-18-36(9-7-24-26(36)5-2-6-27(24)37)48-21-25(28)32(40-34)43-10-4-12-45-29(20-43)30(38)31(41-45)33(46)42-13-15-49-16-14-42/h2,5-6,23H,3-4,7-22H2,1H3/t23-,35+,36+/m1/s1. The lowest BCUT2D eigenvalue weighted by atomic mass is 9.87. The van der Waals surface area contributed by atoms with Crippen LogP contribution in [0, 0.1) is 5.92 Å². The summed E-state index contributed by atoms with van der Waals surface area (Å²) >= 11 is 15.6. The van der Waals surface area contributed by atoms with Gasteiger partial charge in [-0.1, -0.05) is 42.3 Å². The first-order valence-corrected chi connectivity index (χ1v) is 19.8. The van der Waals surface area contributed by atoms with E-state index >= 15 is 0 Å². The number of carbonyl (C=O) groups excluding carboxylic acids is 1. The quantitative estimate of drug-likeness (QED) is 0.327. The third-order valence-electron chi connectivity index (χ3n) is 11.8. The molecule has 13 heteroatoms. The second-order valence-electron chi connectivity index (χ2n) is 14.9. The van der Waals surface area contributed by atoms with Crippen molar-refractivity contribution in [2.75, 3.05) is 55.7 Å². The summed E-state index contributed by atoms with van der Waals surface area (Å²) in [6.07, 6.45) is 6.71. The number of aromatic nitrogens is 4. The number of nitrogens with zero attached hydrogens (tertiary/aromatic N) is 7. The van der Waals surface area contributed by atoms with Crippen molar-refractivity contribution >= 4 is 46.7 Å². The van der Waals surface area contributed by atoms with Crippen LogP contribution in [0.4, 0.5) is 5.82 Å². The van der Waals surface area contributed by atoms with Crippen LogP contribution in [0.1, 0.15) is 77.6 Å². The third-order valence-corrected chi connectivity index (χ3v) is 13.5. The minimum Gasteiger partial charge on any atom is -0.461 e. The lowest BCUT2D eigenvalue weighted by Crippen LogP contribution is -2.43. The minimum atomic E-state index is -0.471. The van der Waals surface area contributed by atoms with Crippen molar-refractivity contribution in [1.82, 2.24) is 29.5 Å². The van der Waals surface area contributed by atoms with E-state index in [9.17, 15) is 4.79 Å². The van der Waals surface area contributed by atoms with Crippen LogP contribution in [-0.4, -0.2) is 91.8 Å². The molecular formula is C36H43Cl2N7O3S. The molecule has 1 aromatic carbocycles. The van der Waals surface area contributed by atoms with Gasteiger partial charge in [-0.25, -0.2) is 0 Å². The topological polar surface area (TPSA) is 88.9 Å². The first-order chi connectivity index (χ1) is 23.8. The SMILES string of the molecule is C[C@H]1CN2CCC[C@@]2(COc2nc3c(c(N4CCCn5nc(C(=O)N6CCSCC6)c(Cl)c5C4)n2)CO[C@@]2(CCc4c(Cl)cccc42)C3)C1. The predicted octanol–water partition coefficient (Wildman–Crippen LogP) is 5.75. The highest BCUT2D eigenvalue weighted by atomic mass is 35.5. The molecule has 0 unspecified atom stereocenters. The second-order valence-corrected chi connectivity index (χ2v) is 16.9. The summed E-state index contributed by atoms with van der Waals surface area (Å²) in [5, 5.41) is 6.01. The van der Waals surface area contributed by atoms with Gasteiger partial charge in [0.05, 0.1) is 40.7 Å². The highest BCUT2D eigenvalue weighted by Crippen LogP contribution is 2.49. The molecule has 6 aliphatic rings. The molecule has 3 atom stereocenters. The molecule has 0 radical (unpaired) electrons. The molecule has 3 fully saturated rings. The molecule has 1 amide bonds. The number of aryl methyl sites for hydroxylation is 1. The summed E-state index contributed by atoms with van der Waals surface area (Å²) < 4.78 is 15.4. The van der Waals surface area contributed by atoms with E-state index < -0.39 is 5.60 Å². The Labute approximate surface area is 301 Å². The molecule has 9 rings (SSSR count). The van der Waals surface area contributed by atoms with Crippen LogP contribution >= 0.6 is 35.0 Å². The number of carbonyl (C=O) groups is 1. The number of thioether (sulfide) groups is 1. The number of amides is 1. The molecule has 49 heavy (non-hydrogen) atoms. The fourth-order valence-electron chi connectivity index (χ4n) is 9.42. The number of hydrogen-bond acceptors (Lipinski definition) is 9. The van der Waals surface area contributed by atoms with Gasteiger partial charge < -0.3 is 19.3 Å². The van der Waals surface area contributed by atoms with E-state index in [-0.39, 0.29) is 11.4 Å². The molecule has 3 aromatic rings. The Morgan fingerprint density at radius 1 is 1.08 bits per heavy atom. The highest BCUT2D eigenvalue weighted by molar-refractivity contribution is 7.99. The van der Waals surface area contributed by atoms with E-state index in [0.29, 0.717) is 55.4 Å². The Kier molecular flexibility index (Phi) is 8.30. The average Bonchev–Trinajstić information content (AvgIpc) is 3.79. The Morgan fingerprint density at radius 2 is 1.96 bits per heavy atom. The Balaban J connectivity index is 1.06. The molecule has 3 saturated heterocycles. The van der Waals surface area contributed by atoms with Gasteiger partial charge in [0, 0.05) is 61.2 Å². The van der Waals surface area contributed by atoms with Crippen LogP contribution < -0.4 is 9.64 Å². The van der Waals surface area contributed by atoms with Crippen LogP contribution in [0.3, 0.4) is 0 Å². The monoisotopic (exact) mass is 723 g/mol. The van der Waals surface area contributed by atoms with Gasteiger partial charge in [-0.05, 0) is 68.2 Å². The molecule has 260 valence electrons. The smallest absolute Gasteiger partial charge is 0.318 e. The molecule has 0 N–H and O–H groups in total. The van der Waals surface area contributed by atoms with Crippen LogP contribution in [0.25, 0.3) is 0 Å². The summed E-state index contributed by atoms with van der Waals surface area (Å²) in [5.74, 6) is 3.28. The van der Waals surface area contributed by atoms with E-state index in [2.05, 4.69) is 22.8 Å². The number of halogens is 2. The molecular weight excluding hydrogens is 681 g/mol. The first-order valence-electron chi connectivity index (χ1n) is 17.9. The maximum Gasteiger partial charge on any atom is 0.318 e. The van der Waals surface area contributed by atoms with E-state index in [1.165, 1.54) is 17.5 Å². The van der Waals surface area contributed by atoms with Gasteiger partial charge in [-0.3, -0.25) is 14.4 Å². The first kappa shape index (κ1) is 32.3. The van der Waals surface area contributed by atoms with Crippen molar-refractivity contribution in [2.24, 2.45) is 5.92 Å². The molecule has 7 heterocycles. The molecule has 10 nitrogen and oxygen atoms in total. The number of benzene rings is 1. The molecule has 1 spiro atoms. The largest absolute Gasteiger partial charge is 0.461 e. The van der Waals surface area contributed by atoms with Crippen molar-refractivity contribution < 1.29 is 14.3 Å². The van der Waals surface area contributed by atoms with E-state index in [0.717, 1.165) is 104 Å². The Hall–Kier alpha value is -2.57. The van der Waals surface area contributed by atoms with Gasteiger partial charge >= 0.3 is 6.01 Å². The number of rotatable bonds is 5. The zero-order valence-corrected chi connectivity index (χ0v) is 30.4. The fraction of sp³-hybridized carbons (Fsp3) is 0.611. The van der Waals surface area contributed by atoms with Crippen molar-refractivity contribution in [3.8, 4) is 6.01 Å². The average molecular weight is 725 g/mol. The van der Waals surface area contributed by atoms with Crippen LogP contribution in [-0.2, 0) is 42.9 Å². The third kappa shape index (κ3) is 5.53. The van der Waals surface area contributed by atoms with Crippen molar-refractivity contribution in [3.05, 3.63) is 62.0 Å². The van der Waals surface area contributed by atoms with Crippen molar-refractivity contribution in [2.45, 2.75) is 82.7 Å². The van der Waals surface area contributed by atoms with Gasteiger partial charge in [-0.15, -0.1) is 0 Å². The Bertz CT molecular complexity index is 1800. The molecule has 0 bridgehead atoms. The summed E-state index contributed by atoms with van der Waals surface area (Å²) in [6, 6.07) is 6.58.